The minimum atomic E-state index is 0.309. The van der Waals surface area contributed by atoms with E-state index in [4.69, 9.17) is 11.6 Å². The highest BCUT2D eigenvalue weighted by molar-refractivity contribution is 8.04. The molecule has 0 saturated heterocycles. The van der Waals surface area contributed by atoms with Gasteiger partial charge in [-0.05, 0) is 30.2 Å². The lowest BCUT2D eigenvalue weighted by atomic mass is 10.00. The van der Waals surface area contributed by atoms with E-state index in [9.17, 15) is 0 Å². The second-order valence-electron chi connectivity index (χ2n) is 4.05. The van der Waals surface area contributed by atoms with Crippen molar-refractivity contribution in [3.63, 3.8) is 0 Å². The number of alkyl halides is 1. The molecule has 1 aromatic rings. The van der Waals surface area contributed by atoms with Gasteiger partial charge < -0.3 is 0 Å². The summed E-state index contributed by atoms with van der Waals surface area (Å²) in [5.41, 5.74) is 1.08. The van der Waals surface area contributed by atoms with E-state index in [1.165, 1.54) is 19.3 Å². The minimum absolute atomic E-state index is 0.309. The van der Waals surface area contributed by atoms with Crippen LogP contribution < -0.4 is 0 Å². The van der Waals surface area contributed by atoms with Gasteiger partial charge in [0.1, 0.15) is 0 Å². The summed E-state index contributed by atoms with van der Waals surface area (Å²) in [6.45, 7) is 0. The zero-order valence-corrected chi connectivity index (χ0v) is 10.7. The normalized spacial score (nSPS) is 24.6. The van der Waals surface area contributed by atoms with Gasteiger partial charge in [0.25, 0.3) is 0 Å². The summed E-state index contributed by atoms with van der Waals surface area (Å²) < 4.78 is 0. The molecule has 2 rings (SSSR count). The third-order valence-corrected chi connectivity index (χ3v) is 4.56. The average molecular weight is 251 g/mol. The van der Waals surface area contributed by atoms with Crippen molar-refractivity contribution in [2.24, 2.45) is 0 Å². The zero-order valence-electron chi connectivity index (χ0n) is 9.16. The Hall–Kier alpha value is -0.580. The SMILES string of the molecule is Cl[C@@H]1CCCC[C@H]1SC#Cc1ccccc1. The third-order valence-electron chi connectivity index (χ3n) is 2.80. The summed E-state index contributed by atoms with van der Waals surface area (Å²) in [7, 11) is 0. The summed E-state index contributed by atoms with van der Waals surface area (Å²) in [6, 6.07) is 10.1. The lowest BCUT2D eigenvalue weighted by molar-refractivity contribution is 0.523. The van der Waals surface area contributed by atoms with Gasteiger partial charge in [-0.1, -0.05) is 48.7 Å². The van der Waals surface area contributed by atoms with Crippen LogP contribution in [0, 0.1) is 11.2 Å². The first kappa shape index (κ1) is 11.9. The second-order valence-corrected chi connectivity index (χ2v) is 5.66. The van der Waals surface area contributed by atoms with Gasteiger partial charge in [-0.25, -0.2) is 0 Å². The minimum Gasteiger partial charge on any atom is -0.122 e. The number of hydrogen-bond acceptors (Lipinski definition) is 1. The van der Waals surface area contributed by atoms with E-state index in [0.717, 1.165) is 12.0 Å². The number of thioether (sulfide) groups is 1. The average Bonchev–Trinajstić information content (AvgIpc) is 2.33. The molecule has 1 aromatic carbocycles. The highest BCUT2D eigenvalue weighted by Gasteiger charge is 2.22. The molecule has 1 saturated carbocycles. The number of halogens is 1. The van der Waals surface area contributed by atoms with Crippen molar-refractivity contribution in [2.75, 3.05) is 0 Å². The highest BCUT2D eigenvalue weighted by Crippen LogP contribution is 2.31. The molecule has 1 aliphatic carbocycles. The van der Waals surface area contributed by atoms with Crippen LogP contribution in [0.5, 0.6) is 0 Å². The van der Waals surface area contributed by atoms with Crippen LogP contribution in [0.2, 0.25) is 0 Å². The van der Waals surface area contributed by atoms with E-state index in [1.807, 2.05) is 30.3 Å². The van der Waals surface area contributed by atoms with Gasteiger partial charge in [0.2, 0.25) is 0 Å². The Kier molecular flexibility index (Phi) is 4.63. The molecule has 2 heteroatoms. The molecule has 0 aromatic heterocycles. The van der Waals surface area contributed by atoms with Crippen molar-refractivity contribution >= 4 is 23.4 Å². The van der Waals surface area contributed by atoms with E-state index in [-0.39, 0.29) is 0 Å². The molecular weight excluding hydrogens is 236 g/mol. The van der Waals surface area contributed by atoms with Crippen molar-refractivity contribution < 1.29 is 0 Å². The molecule has 1 fully saturated rings. The van der Waals surface area contributed by atoms with Crippen LogP contribution in [0.1, 0.15) is 31.2 Å². The van der Waals surface area contributed by atoms with Crippen LogP contribution in [0.3, 0.4) is 0 Å². The van der Waals surface area contributed by atoms with E-state index < -0.39 is 0 Å². The van der Waals surface area contributed by atoms with Gasteiger partial charge in [0, 0.05) is 16.2 Å². The van der Waals surface area contributed by atoms with Gasteiger partial charge in [-0.2, -0.15) is 0 Å². The van der Waals surface area contributed by atoms with Crippen LogP contribution in [-0.2, 0) is 0 Å². The highest BCUT2D eigenvalue weighted by atomic mass is 35.5. The second kappa shape index (κ2) is 6.23. The Balaban J connectivity index is 1.89. The predicted octanol–water partition coefficient (Wildman–Crippen LogP) is 4.28. The zero-order chi connectivity index (χ0) is 11.2. The van der Waals surface area contributed by atoms with Gasteiger partial charge in [0.15, 0.2) is 0 Å². The molecule has 0 bridgehead atoms. The Morgan fingerprint density at radius 3 is 2.62 bits per heavy atom. The van der Waals surface area contributed by atoms with Crippen molar-refractivity contribution in [3.05, 3.63) is 35.9 Å². The van der Waals surface area contributed by atoms with Crippen molar-refractivity contribution in [1.29, 1.82) is 0 Å². The number of rotatable bonds is 1. The maximum absolute atomic E-state index is 6.28. The summed E-state index contributed by atoms with van der Waals surface area (Å²) in [4.78, 5) is 0. The van der Waals surface area contributed by atoms with E-state index in [2.05, 4.69) is 11.2 Å². The smallest absolute Gasteiger partial charge is 0.0464 e. The molecule has 0 aliphatic heterocycles. The summed E-state index contributed by atoms with van der Waals surface area (Å²) >= 11 is 7.98. The fourth-order valence-corrected chi connectivity index (χ4v) is 3.20. The van der Waals surface area contributed by atoms with Gasteiger partial charge in [-0.3, -0.25) is 0 Å². The molecule has 0 heterocycles. The fraction of sp³-hybridized carbons (Fsp3) is 0.429. The van der Waals surface area contributed by atoms with Crippen molar-refractivity contribution in [3.8, 4) is 11.2 Å². The maximum Gasteiger partial charge on any atom is 0.0464 e. The van der Waals surface area contributed by atoms with Crippen LogP contribution in [-0.4, -0.2) is 10.6 Å². The molecule has 0 unspecified atom stereocenters. The first-order valence-corrected chi connectivity index (χ1v) is 7.03. The quantitative estimate of drug-likeness (QED) is 0.530. The molecule has 16 heavy (non-hydrogen) atoms. The van der Waals surface area contributed by atoms with Crippen LogP contribution in [0.25, 0.3) is 0 Å². The summed E-state index contributed by atoms with van der Waals surface area (Å²) in [5.74, 6) is 3.17. The van der Waals surface area contributed by atoms with Crippen LogP contribution in [0.15, 0.2) is 30.3 Å². The number of hydrogen-bond donors (Lipinski definition) is 0. The Labute approximate surface area is 107 Å². The van der Waals surface area contributed by atoms with Crippen molar-refractivity contribution in [1.82, 2.24) is 0 Å². The monoisotopic (exact) mass is 250 g/mol. The topological polar surface area (TPSA) is 0 Å². The van der Waals surface area contributed by atoms with Gasteiger partial charge >= 0.3 is 0 Å². The van der Waals surface area contributed by atoms with Crippen LogP contribution >= 0.6 is 23.4 Å². The summed E-state index contributed by atoms with van der Waals surface area (Å²) in [6.07, 6.45) is 4.93. The maximum atomic E-state index is 6.28. The van der Waals surface area contributed by atoms with Crippen molar-refractivity contribution in [2.45, 2.75) is 36.3 Å². The molecule has 0 radical (unpaired) electrons. The molecule has 84 valence electrons. The molecule has 0 N–H and O–H groups in total. The molecule has 2 atom stereocenters. The van der Waals surface area contributed by atoms with Gasteiger partial charge in [-0.15, -0.1) is 11.6 Å². The lowest BCUT2D eigenvalue weighted by Crippen LogP contribution is -2.21. The van der Waals surface area contributed by atoms with Crippen LogP contribution in [0.4, 0.5) is 0 Å². The molecule has 0 spiro atoms. The third kappa shape index (κ3) is 3.47. The number of benzene rings is 1. The first-order chi connectivity index (χ1) is 7.86. The predicted molar refractivity (Wildman–Crippen MR) is 72.8 cm³/mol. The largest absolute Gasteiger partial charge is 0.122 e. The molecule has 1 aliphatic rings. The van der Waals surface area contributed by atoms with E-state index >= 15 is 0 Å². The lowest BCUT2D eigenvalue weighted by Gasteiger charge is -2.24. The summed E-state index contributed by atoms with van der Waals surface area (Å²) in [5, 5.41) is 4.01. The fourth-order valence-electron chi connectivity index (χ4n) is 1.87. The van der Waals surface area contributed by atoms with Gasteiger partial charge in [0.05, 0.1) is 0 Å². The Bertz CT molecular complexity index is 377. The first-order valence-electron chi connectivity index (χ1n) is 5.72. The van der Waals surface area contributed by atoms with E-state index in [0.29, 0.717) is 10.6 Å². The standard InChI is InChI=1S/C14H15ClS/c15-13-8-4-5-9-14(13)16-11-10-12-6-2-1-3-7-12/h1-3,6-7,13-14H,4-5,8-9H2/t13-,14-/m1/s1. The molecule has 0 nitrogen and oxygen atoms in total. The molecular formula is C14H15ClS. The Morgan fingerprint density at radius 2 is 1.88 bits per heavy atom. The van der Waals surface area contributed by atoms with E-state index in [1.54, 1.807) is 11.8 Å². The Morgan fingerprint density at radius 1 is 1.12 bits per heavy atom. The molecule has 0 amide bonds.